The number of esters is 1. The summed E-state index contributed by atoms with van der Waals surface area (Å²) in [6, 6.07) is 5.11. The number of hydrogen-bond donors (Lipinski definition) is 2. The maximum atomic E-state index is 13.0. The van der Waals surface area contributed by atoms with Gasteiger partial charge in [0.25, 0.3) is 0 Å². The maximum absolute atomic E-state index is 13.0. The fourth-order valence-electron chi connectivity index (χ4n) is 3.50. The summed E-state index contributed by atoms with van der Waals surface area (Å²) < 4.78 is 5.66. The number of aromatic nitrogens is 1. The lowest BCUT2D eigenvalue weighted by atomic mass is 9.84. The van der Waals surface area contributed by atoms with Crippen LogP contribution in [0.25, 0.3) is 0 Å². The molecule has 1 fully saturated rings. The molecule has 1 aromatic rings. The Balaban J connectivity index is 2.40. The summed E-state index contributed by atoms with van der Waals surface area (Å²) in [4.78, 5) is 29.4. The molecule has 3 atom stereocenters. The number of rotatable bonds is 5. The van der Waals surface area contributed by atoms with Crippen LogP contribution >= 0.6 is 0 Å². The quantitative estimate of drug-likeness (QED) is 0.797. The maximum Gasteiger partial charge on any atom is 0.326 e. The van der Waals surface area contributed by atoms with Crippen molar-refractivity contribution < 1.29 is 14.3 Å². The number of nitrogens with one attached hydrogen (secondary N) is 1. The molecule has 0 unspecified atom stereocenters. The number of nitrogens with zero attached hydrogens (tertiary/aromatic N) is 1. The molecule has 1 amide bonds. The first-order chi connectivity index (χ1) is 11.5. The normalized spacial score (nSPS) is 26.6. The lowest BCUT2D eigenvalue weighted by Gasteiger charge is -2.33. The van der Waals surface area contributed by atoms with Crippen LogP contribution in [0.4, 0.5) is 0 Å². The number of primary amides is 1. The van der Waals surface area contributed by atoms with Crippen molar-refractivity contribution in [2.45, 2.75) is 64.6 Å². The summed E-state index contributed by atoms with van der Waals surface area (Å²) in [6.45, 7) is 9.60. The molecule has 0 aromatic carbocycles. The van der Waals surface area contributed by atoms with Crippen LogP contribution in [0.2, 0.25) is 0 Å². The van der Waals surface area contributed by atoms with Crippen molar-refractivity contribution in [2.24, 2.45) is 17.6 Å². The Labute approximate surface area is 149 Å². The third-order valence-electron chi connectivity index (χ3n) is 4.32. The second-order valence-corrected chi connectivity index (χ2v) is 8.27. The zero-order valence-electron chi connectivity index (χ0n) is 15.7. The van der Waals surface area contributed by atoms with Crippen LogP contribution in [0, 0.1) is 11.8 Å². The van der Waals surface area contributed by atoms with Gasteiger partial charge in [0.2, 0.25) is 5.91 Å². The van der Waals surface area contributed by atoms with E-state index in [2.05, 4.69) is 10.3 Å². The monoisotopic (exact) mass is 347 g/mol. The van der Waals surface area contributed by atoms with Gasteiger partial charge in [-0.3, -0.25) is 19.9 Å². The molecular formula is C19H29N3O3. The van der Waals surface area contributed by atoms with Gasteiger partial charge in [-0.25, -0.2) is 0 Å². The minimum absolute atomic E-state index is 0.246. The summed E-state index contributed by atoms with van der Waals surface area (Å²) >= 11 is 0. The molecule has 25 heavy (non-hydrogen) atoms. The zero-order chi connectivity index (χ0) is 18.8. The van der Waals surface area contributed by atoms with E-state index in [0.717, 1.165) is 0 Å². The molecule has 138 valence electrons. The molecule has 0 spiro atoms. The number of nitrogens with two attached hydrogens (primary N) is 1. The molecule has 1 aliphatic heterocycles. The van der Waals surface area contributed by atoms with E-state index in [1.165, 1.54) is 0 Å². The fraction of sp³-hybridized carbons (Fsp3) is 0.632. The van der Waals surface area contributed by atoms with Crippen molar-refractivity contribution in [1.29, 1.82) is 0 Å². The average Bonchev–Trinajstić information content (AvgIpc) is 2.87. The molecule has 0 bridgehead atoms. The average molecular weight is 347 g/mol. The predicted molar refractivity (Wildman–Crippen MR) is 95.4 cm³/mol. The highest BCUT2D eigenvalue weighted by atomic mass is 16.6. The third-order valence-corrected chi connectivity index (χ3v) is 4.32. The van der Waals surface area contributed by atoms with Gasteiger partial charge in [-0.2, -0.15) is 0 Å². The number of hydrogen-bond acceptors (Lipinski definition) is 5. The van der Waals surface area contributed by atoms with E-state index in [-0.39, 0.29) is 11.9 Å². The van der Waals surface area contributed by atoms with Gasteiger partial charge in [-0.15, -0.1) is 0 Å². The molecule has 0 radical (unpaired) electrons. The molecule has 1 saturated heterocycles. The van der Waals surface area contributed by atoms with Crippen LogP contribution in [0.3, 0.4) is 0 Å². The fourth-order valence-corrected chi connectivity index (χ4v) is 3.50. The molecule has 6 heteroatoms. The van der Waals surface area contributed by atoms with E-state index in [0.29, 0.717) is 18.5 Å². The van der Waals surface area contributed by atoms with Crippen LogP contribution in [-0.4, -0.2) is 28.0 Å². The summed E-state index contributed by atoms with van der Waals surface area (Å²) in [5.41, 5.74) is 4.81. The van der Waals surface area contributed by atoms with Gasteiger partial charge in [-0.1, -0.05) is 19.9 Å². The molecule has 1 aliphatic rings. The second-order valence-electron chi connectivity index (χ2n) is 8.27. The van der Waals surface area contributed by atoms with Gasteiger partial charge < -0.3 is 10.5 Å². The summed E-state index contributed by atoms with van der Waals surface area (Å²) in [7, 11) is 0. The van der Waals surface area contributed by atoms with Crippen molar-refractivity contribution in [3.63, 3.8) is 0 Å². The molecule has 6 nitrogen and oxygen atoms in total. The Morgan fingerprint density at radius 1 is 1.40 bits per heavy atom. The van der Waals surface area contributed by atoms with E-state index >= 15 is 0 Å². The molecular weight excluding hydrogens is 318 g/mol. The number of carbonyl (C=O) groups is 2. The van der Waals surface area contributed by atoms with Gasteiger partial charge in [0.05, 0.1) is 17.7 Å². The van der Waals surface area contributed by atoms with Gasteiger partial charge >= 0.3 is 5.97 Å². The first-order valence-electron chi connectivity index (χ1n) is 8.75. The van der Waals surface area contributed by atoms with E-state index in [9.17, 15) is 9.59 Å². The molecule has 0 saturated carbocycles. The van der Waals surface area contributed by atoms with Crippen molar-refractivity contribution in [1.82, 2.24) is 10.3 Å². The number of ether oxygens (including phenoxy) is 1. The standard InChI is InChI=1S/C19H29N3O3/c1-12(2)10-19(17(24)25-18(3,4)5)11-13(16(20)23)15(22-19)14-8-6-7-9-21-14/h6-9,12-13,15,22H,10-11H2,1-5H3,(H2,20,23)/t13-,15+,19-/m0/s1. The highest BCUT2D eigenvalue weighted by Crippen LogP contribution is 2.41. The topological polar surface area (TPSA) is 94.3 Å². The third kappa shape index (κ3) is 4.57. The number of pyridine rings is 1. The Morgan fingerprint density at radius 3 is 2.56 bits per heavy atom. The van der Waals surface area contributed by atoms with E-state index in [1.807, 2.05) is 52.8 Å². The first kappa shape index (κ1) is 19.4. The lowest BCUT2D eigenvalue weighted by molar-refractivity contribution is -0.163. The highest BCUT2D eigenvalue weighted by molar-refractivity contribution is 5.86. The lowest BCUT2D eigenvalue weighted by Crippen LogP contribution is -2.52. The molecule has 2 rings (SSSR count). The van der Waals surface area contributed by atoms with Gasteiger partial charge in [-0.05, 0) is 51.7 Å². The minimum atomic E-state index is -0.941. The van der Waals surface area contributed by atoms with E-state index in [4.69, 9.17) is 10.5 Å². The number of carbonyl (C=O) groups excluding carboxylic acids is 2. The summed E-state index contributed by atoms with van der Waals surface area (Å²) in [5, 5.41) is 3.37. The molecule has 1 aromatic heterocycles. The Morgan fingerprint density at radius 2 is 2.08 bits per heavy atom. The highest BCUT2D eigenvalue weighted by Gasteiger charge is 2.54. The second kappa shape index (κ2) is 7.12. The van der Waals surface area contributed by atoms with E-state index in [1.54, 1.807) is 6.20 Å². The zero-order valence-corrected chi connectivity index (χ0v) is 15.7. The Hall–Kier alpha value is -1.95. The summed E-state index contributed by atoms with van der Waals surface area (Å²) in [5.74, 6) is -1.03. The van der Waals surface area contributed by atoms with Gasteiger partial charge in [0, 0.05) is 6.20 Å². The van der Waals surface area contributed by atoms with Crippen molar-refractivity contribution in [2.75, 3.05) is 0 Å². The Bertz CT molecular complexity index is 625. The van der Waals surface area contributed by atoms with Crippen LogP contribution in [0.1, 0.15) is 59.2 Å². The van der Waals surface area contributed by atoms with Gasteiger partial charge in [0.15, 0.2) is 0 Å². The first-order valence-corrected chi connectivity index (χ1v) is 8.75. The van der Waals surface area contributed by atoms with Crippen LogP contribution in [-0.2, 0) is 14.3 Å². The smallest absolute Gasteiger partial charge is 0.326 e. The van der Waals surface area contributed by atoms with Crippen LogP contribution in [0.15, 0.2) is 24.4 Å². The largest absolute Gasteiger partial charge is 0.459 e. The molecule has 2 heterocycles. The predicted octanol–water partition coefficient (Wildman–Crippen LogP) is 2.34. The number of amides is 1. The van der Waals surface area contributed by atoms with Crippen molar-refractivity contribution >= 4 is 11.9 Å². The Kier molecular flexibility index (Phi) is 5.52. The van der Waals surface area contributed by atoms with Crippen LogP contribution in [0.5, 0.6) is 0 Å². The SMILES string of the molecule is CC(C)C[C@@]1(C(=O)OC(C)(C)C)C[C@H](C(N)=O)[C@H](c2ccccn2)N1. The van der Waals surface area contributed by atoms with Gasteiger partial charge in [0.1, 0.15) is 11.1 Å². The minimum Gasteiger partial charge on any atom is -0.459 e. The van der Waals surface area contributed by atoms with Crippen LogP contribution < -0.4 is 11.1 Å². The summed E-state index contributed by atoms with van der Waals surface area (Å²) in [6.07, 6.45) is 2.55. The molecule has 0 aliphatic carbocycles. The van der Waals surface area contributed by atoms with Crippen molar-refractivity contribution in [3.05, 3.63) is 30.1 Å². The van der Waals surface area contributed by atoms with Crippen molar-refractivity contribution in [3.8, 4) is 0 Å². The van der Waals surface area contributed by atoms with E-state index < -0.39 is 29.0 Å². The molecule has 3 N–H and O–H groups in total.